The molecule has 0 bridgehead atoms. The molecule has 19 heavy (non-hydrogen) atoms. The Hall–Kier alpha value is -0.720. The van der Waals surface area contributed by atoms with Gasteiger partial charge in [-0.25, -0.2) is 4.39 Å². The van der Waals surface area contributed by atoms with Crippen LogP contribution >= 0.6 is 11.6 Å². The van der Waals surface area contributed by atoms with Crippen LogP contribution in [0.3, 0.4) is 0 Å². The standard InChI is InChI=1S/C13H17ClFNO3/c14-10-2-1-8(5-11(10)15)13-9(12(18)7-17)6-16-3-4-19-13/h1-2,5,9,12-13,16-18H,3-4,6-7H2/t9-,12?,13-/m0/s1. The van der Waals surface area contributed by atoms with Crippen molar-refractivity contribution in [3.8, 4) is 0 Å². The lowest BCUT2D eigenvalue weighted by Crippen LogP contribution is -2.36. The maximum Gasteiger partial charge on any atom is 0.142 e. The van der Waals surface area contributed by atoms with E-state index in [1.54, 1.807) is 6.07 Å². The second-order valence-corrected chi connectivity index (χ2v) is 4.99. The molecule has 0 spiro atoms. The minimum Gasteiger partial charge on any atom is -0.394 e. The number of aliphatic hydroxyl groups is 2. The first-order valence-corrected chi connectivity index (χ1v) is 6.57. The van der Waals surface area contributed by atoms with Crippen molar-refractivity contribution in [2.45, 2.75) is 12.2 Å². The summed E-state index contributed by atoms with van der Waals surface area (Å²) in [6, 6.07) is 4.46. The van der Waals surface area contributed by atoms with Gasteiger partial charge in [0.1, 0.15) is 5.82 Å². The van der Waals surface area contributed by atoms with Gasteiger partial charge >= 0.3 is 0 Å². The SMILES string of the molecule is OCC(O)[C@@H]1CNCCO[C@H]1c1ccc(Cl)c(F)c1. The molecule has 1 aliphatic rings. The molecule has 1 aromatic carbocycles. The number of benzene rings is 1. The quantitative estimate of drug-likeness (QED) is 0.780. The van der Waals surface area contributed by atoms with Crippen molar-refractivity contribution in [2.24, 2.45) is 5.92 Å². The fourth-order valence-electron chi connectivity index (χ4n) is 2.26. The van der Waals surface area contributed by atoms with Crippen LogP contribution in [0.1, 0.15) is 11.7 Å². The molecule has 0 amide bonds. The van der Waals surface area contributed by atoms with E-state index >= 15 is 0 Å². The molecule has 1 unspecified atom stereocenters. The summed E-state index contributed by atoms with van der Waals surface area (Å²) in [5.41, 5.74) is 0.614. The minimum absolute atomic E-state index is 0.0507. The lowest BCUT2D eigenvalue weighted by Gasteiger charge is -2.28. The molecule has 4 nitrogen and oxygen atoms in total. The largest absolute Gasteiger partial charge is 0.394 e. The fourth-order valence-corrected chi connectivity index (χ4v) is 2.38. The maximum absolute atomic E-state index is 13.5. The van der Waals surface area contributed by atoms with Crippen LogP contribution in [0.15, 0.2) is 18.2 Å². The highest BCUT2D eigenvalue weighted by molar-refractivity contribution is 6.30. The first-order valence-electron chi connectivity index (χ1n) is 6.19. The van der Waals surface area contributed by atoms with E-state index in [0.717, 1.165) is 0 Å². The number of rotatable bonds is 3. The van der Waals surface area contributed by atoms with E-state index in [2.05, 4.69) is 5.32 Å². The number of aliphatic hydroxyl groups excluding tert-OH is 2. The lowest BCUT2D eigenvalue weighted by atomic mass is 9.91. The van der Waals surface area contributed by atoms with Gasteiger partial charge in [-0.15, -0.1) is 0 Å². The smallest absolute Gasteiger partial charge is 0.142 e. The predicted molar refractivity (Wildman–Crippen MR) is 69.6 cm³/mol. The highest BCUT2D eigenvalue weighted by Crippen LogP contribution is 2.31. The van der Waals surface area contributed by atoms with E-state index in [1.807, 2.05) is 0 Å². The van der Waals surface area contributed by atoms with Gasteiger partial charge in [0.15, 0.2) is 0 Å². The number of halogens is 2. The highest BCUT2D eigenvalue weighted by Gasteiger charge is 2.31. The van der Waals surface area contributed by atoms with Crippen LogP contribution in [0, 0.1) is 11.7 Å². The molecular formula is C13H17ClFNO3. The summed E-state index contributed by atoms with van der Waals surface area (Å²) in [6.07, 6.45) is -1.39. The molecule has 1 fully saturated rings. The van der Waals surface area contributed by atoms with E-state index in [9.17, 15) is 9.50 Å². The summed E-state index contributed by atoms with van der Waals surface area (Å²) >= 11 is 5.66. The second kappa shape index (κ2) is 6.63. The zero-order valence-corrected chi connectivity index (χ0v) is 11.1. The Morgan fingerprint density at radius 2 is 2.32 bits per heavy atom. The van der Waals surface area contributed by atoms with Crippen LogP contribution in [0.4, 0.5) is 4.39 Å². The van der Waals surface area contributed by atoms with Crippen LogP contribution in [-0.4, -0.2) is 42.6 Å². The Balaban J connectivity index is 2.28. The van der Waals surface area contributed by atoms with Gasteiger partial charge in [0.2, 0.25) is 0 Å². The third kappa shape index (κ3) is 3.43. The van der Waals surface area contributed by atoms with Crippen molar-refractivity contribution >= 4 is 11.6 Å². The Morgan fingerprint density at radius 1 is 1.53 bits per heavy atom. The van der Waals surface area contributed by atoms with Crippen molar-refractivity contribution in [3.63, 3.8) is 0 Å². The van der Waals surface area contributed by atoms with E-state index in [1.165, 1.54) is 12.1 Å². The molecular weight excluding hydrogens is 273 g/mol. The average molecular weight is 290 g/mol. The van der Waals surface area contributed by atoms with Gasteiger partial charge in [0, 0.05) is 19.0 Å². The normalized spacial score (nSPS) is 25.9. The van der Waals surface area contributed by atoms with Gasteiger partial charge in [-0.05, 0) is 17.7 Å². The summed E-state index contributed by atoms with van der Waals surface area (Å²) in [7, 11) is 0. The molecule has 6 heteroatoms. The molecule has 1 saturated heterocycles. The van der Waals surface area contributed by atoms with Gasteiger partial charge < -0.3 is 20.3 Å². The van der Waals surface area contributed by atoms with Crippen molar-refractivity contribution in [1.82, 2.24) is 5.32 Å². The summed E-state index contributed by atoms with van der Waals surface area (Å²) in [6.45, 7) is 1.25. The summed E-state index contributed by atoms with van der Waals surface area (Å²) in [5, 5.41) is 22.2. The third-order valence-corrected chi connectivity index (χ3v) is 3.61. The molecule has 0 radical (unpaired) electrons. The molecule has 0 aromatic heterocycles. The topological polar surface area (TPSA) is 61.7 Å². The number of hydrogen-bond acceptors (Lipinski definition) is 4. The molecule has 0 saturated carbocycles. The molecule has 1 heterocycles. The lowest BCUT2D eigenvalue weighted by molar-refractivity contribution is -0.0396. The molecule has 1 aliphatic heterocycles. The van der Waals surface area contributed by atoms with Crippen molar-refractivity contribution < 1.29 is 19.3 Å². The monoisotopic (exact) mass is 289 g/mol. The van der Waals surface area contributed by atoms with Gasteiger partial charge in [-0.1, -0.05) is 17.7 Å². The average Bonchev–Trinajstić information content (AvgIpc) is 2.66. The van der Waals surface area contributed by atoms with Crippen molar-refractivity contribution in [1.29, 1.82) is 0 Å². The summed E-state index contributed by atoms with van der Waals surface area (Å²) in [4.78, 5) is 0. The van der Waals surface area contributed by atoms with Crippen LogP contribution < -0.4 is 5.32 Å². The Morgan fingerprint density at radius 3 is 3.00 bits per heavy atom. The minimum atomic E-state index is -0.922. The Bertz CT molecular complexity index is 432. The van der Waals surface area contributed by atoms with Crippen molar-refractivity contribution in [2.75, 3.05) is 26.3 Å². The number of ether oxygens (including phenoxy) is 1. The van der Waals surface area contributed by atoms with E-state index in [4.69, 9.17) is 21.4 Å². The summed E-state index contributed by atoms with van der Waals surface area (Å²) in [5.74, 6) is -0.856. The first-order chi connectivity index (χ1) is 9.13. The molecule has 1 aromatic rings. The molecule has 3 atom stereocenters. The van der Waals surface area contributed by atoms with Gasteiger partial charge in [-0.3, -0.25) is 0 Å². The van der Waals surface area contributed by atoms with Crippen LogP contribution in [0.2, 0.25) is 5.02 Å². The van der Waals surface area contributed by atoms with Crippen LogP contribution in [-0.2, 0) is 4.74 Å². The fraction of sp³-hybridized carbons (Fsp3) is 0.538. The van der Waals surface area contributed by atoms with E-state index in [0.29, 0.717) is 25.3 Å². The predicted octanol–water partition coefficient (Wildman–Crippen LogP) is 1.11. The van der Waals surface area contributed by atoms with Gasteiger partial charge in [-0.2, -0.15) is 0 Å². The maximum atomic E-state index is 13.5. The molecule has 0 aliphatic carbocycles. The van der Waals surface area contributed by atoms with Gasteiger partial charge in [0.05, 0.1) is 30.4 Å². The van der Waals surface area contributed by atoms with Crippen LogP contribution in [0.25, 0.3) is 0 Å². The Kier molecular flexibility index (Phi) is 5.13. The summed E-state index contributed by atoms with van der Waals surface area (Å²) < 4.78 is 19.2. The van der Waals surface area contributed by atoms with Crippen molar-refractivity contribution in [3.05, 3.63) is 34.6 Å². The first kappa shape index (κ1) is 14.7. The number of hydrogen-bond donors (Lipinski definition) is 3. The molecule has 106 valence electrons. The zero-order chi connectivity index (χ0) is 13.8. The Labute approximate surface area is 116 Å². The highest BCUT2D eigenvalue weighted by atomic mass is 35.5. The number of nitrogens with one attached hydrogen (secondary N) is 1. The third-order valence-electron chi connectivity index (χ3n) is 3.30. The second-order valence-electron chi connectivity index (χ2n) is 4.58. The van der Waals surface area contributed by atoms with E-state index in [-0.39, 0.29) is 17.5 Å². The molecule has 2 rings (SSSR count). The molecule has 3 N–H and O–H groups in total. The zero-order valence-electron chi connectivity index (χ0n) is 10.4. The van der Waals surface area contributed by atoms with Gasteiger partial charge in [0.25, 0.3) is 0 Å². The van der Waals surface area contributed by atoms with E-state index < -0.39 is 18.0 Å². The van der Waals surface area contributed by atoms with Crippen LogP contribution in [0.5, 0.6) is 0 Å².